The molecular weight excluding hydrogens is 282 g/mol. The van der Waals surface area contributed by atoms with Gasteiger partial charge in [-0.2, -0.15) is 0 Å². The van der Waals surface area contributed by atoms with Crippen molar-refractivity contribution in [1.82, 2.24) is 4.98 Å². The molecule has 1 aliphatic carbocycles. The summed E-state index contributed by atoms with van der Waals surface area (Å²) in [5.41, 5.74) is 0.358. The van der Waals surface area contributed by atoms with E-state index < -0.39 is 5.41 Å². The Morgan fingerprint density at radius 3 is 2.77 bits per heavy atom. The van der Waals surface area contributed by atoms with Gasteiger partial charge in [-0.05, 0) is 36.6 Å². The molecule has 1 aromatic heterocycles. The van der Waals surface area contributed by atoms with E-state index in [2.05, 4.69) is 4.98 Å². The van der Waals surface area contributed by atoms with Crippen LogP contribution >= 0.6 is 0 Å². The van der Waals surface area contributed by atoms with E-state index >= 15 is 0 Å². The summed E-state index contributed by atoms with van der Waals surface area (Å²) in [7, 11) is 0. The molecule has 0 N–H and O–H groups in total. The second-order valence-corrected chi connectivity index (χ2v) is 5.58. The second kappa shape index (κ2) is 5.02. The Morgan fingerprint density at radius 1 is 1.18 bits per heavy atom. The van der Waals surface area contributed by atoms with Gasteiger partial charge in [0.25, 0.3) is 0 Å². The van der Waals surface area contributed by atoms with Crippen molar-refractivity contribution in [1.29, 1.82) is 0 Å². The zero-order valence-electron chi connectivity index (χ0n) is 12.0. The second-order valence-electron chi connectivity index (χ2n) is 5.58. The topological polar surface area (TPSA) is 57.7 Å². The molecule has 1 aliphatic heterocycles. The first-order valence-corrected chi connectivity index (χ1v) is 7.30. The van der Waals surface area contributed by atoms with Gasteiger partial charge in [-0.3, -0.25) is 9.78 Å². The summed E-state index contributed by atoms with van der Waals surface area (Å²) in [6, 6.07) is 8.95. The van der Waals surface area contributed by atoms with Gasteiger partial charge in [0, 0.05) is 18.5 Å². The number of hydrogen-bond acceptors (Lipinski definition) is 5. The number of fused-ring (bicyclic) bond motifs is 1. The van der Waals surface area contributed by atoms with Crippen LogP contribution in [0.2, 0.25) is 0 Å². The molecule has 0 unspecified atom stereocenters. The number of hydrogen-bond donors (Lipinski definition) is 0. The number of rotatable bonds is 3. The number of aromatic nitrogens is 1. The van der Waals surface area contributed by atoms with Gasteiger partial charge in [0.15, 0.2) is 11.5 Å². The van der Waals surface area contributed by atoms with Gasteiger partial charge in [0.2, 0.25) is 6.79 Å². The summed E-state index contributed by atoms with van der Waals surface area (Å²) in [5, 5.41) is 0. The fourth-order valence-corrected chi connectivity index (χ4v) is 2.93. The molecule has 0 bridgehead atoms. The van der Waals surface area contributed by atoms with Crippen LogP contribution < -0.4 is 14.2 Å². The lowest BCUT2D eigenvalue weighted by Gasteiger charge is -2.39. The lowest BCUT2D eigenvalue weighted by Crippen LogP contribution is -2.45. The third-order valence-electron chi connectivity index (χ3n) is 4.37. The van der Waals surface area contributed by atoms with Crippen molar-refractivity contribution in [3.63, 3.8) is 0 Å². The molecule has 0 spiro atoms. The number of nitrogens with zero attached hydrogens (tertiary/aromatic N) is 1. The molecule has 112 valence electrons. The normalized spacial score (nSPS) is 17.6. The fraction of sp³-hybridized carbons (Fsp3) is 0.294. The summed E-state index contributed by atoms with van der Waals surface area (Å²) in [6.07, 6.45) is 6.06. The number of benzene rings is 1. The monoisotopic (exact) mass is 297 g/mol. The van der Waals surface area contributed by atoms with Crippen LogP contribution in [0.4, 0.5) is 0 Å². The highest BCUT2D eigenvalue weighted by molar-refractivity contribution is 5.86. The fourth-order valence-electron chi connectivity index (χ4n) is 2.93. The van der Waals surface area contributed by atoms with E-state index in [1.54, 1.807) is 30.6 Å². The van der Waals surface area contributed by atoms with Gasteiger partial charge >= 0.3 is 5.97 Å². The molecule has 2 aliphatic rings. The highest BCUT2D eigenvalue weighted by Gasteiger charge is 2.47. The van der Waals surface area contributed by atoms with Crippen LogP contribution in [0.3, 0.4) is 0 Å². The van der Waals surface area contributed by atoms with Crippen molar-refractivity contribution >= 4 is 5.97 Å². The Labute approximate surface area is 127 Å². The van der Waals surface area contributed by atoms with Gasteiger partial charge in [0.1, 0.15) is 5.75 Å². The van der Waals surface area contributed by atoms with Crippen LogP contribution in [0.15, 0.2) is 42.7 Å². The van der Waals surface area contributed by atoms with Crippen molar-refractivity contribution in [3.05, 3.63) is 48.3 Å². The highest BCUT2D eigenvalue weighted by atomic mass is 16.7. The first-order valence-electron chi connectivity index (χ1n) is 7.30. The lowest BCUT2D eigenvalue weighted by atomic mass is 9.65. The van der Waals surface area contributed by atoms with Crippen molar-refractivity contribution < 1.29 is 19.0 Å². The van der Waals surface area contributed by atoms with Crippen LogP contribution in [0, 0.1) is 0 Å². The average Bonchev–Trinajstić information content (AvgIpc) is 2.95. The summed E-state index contributed by atoms with van der Waals surface area (Å²) >= 11 is 0. The minimum Gasteiger partial charge on any atom is -0.454 e. The maximum atomic E-state index is 12.7. The number of carbonyl (C=O) groups is 1. The zero-order valence-corrected chi connectivity index (χ0v) is 12.0. The van der Waals surface area contributed by atoms with Crippen LogP contribution in [0.25, 0.3) is 0 Å². The first kappa shape index (κ1) is 13.1. The lowest BCUT2D eigenvalue weighted by molar-refractivity contribution is -0.144. The van der Waals surface area contributed by atoms with Gasteiger partial charge in [0.05, 0.1) is 5.41 Å². The predicted octanol–water partition coefficient (Wildman–Crippen LogP) is 2.84. The number of ether oxygens (including phenoxy) is 3. The SMILES string of the molecule is O=C(Oc1ccc2c(c1)OCO2)C1(c2cccnc2)CCC1. The van der Waals surface area contributed by atoms with E-state index in [-0.39, 0.29) is 12.8 Å². The first-order chi connectivity index (χ1) is 10.8. The van der Waals surface area contributed by atoms with E-state index in [9.17, 15) is 4.79 Å². The molecule has 1 saturated carbocycles. The smallest absolute Gasteiger partial charge is 0.322 e. The summed E-state index contributed by atoms with van der Waals surface area (Å²) in [4.78, 5) is 16.8. The van der Waals surface area contributed by atoms with Crippen molar-refractivity contribution in [2.75, 3.05) is 6.79 Å². The van der Waals surface area contributed by atoms with Crippen LogP contribution in [-0.4, -0.2) is 17.7 Å². The molecule has 2 heterocycles. The maximum Gasteiger partial charge on any atom is 0.322 e. The quantitative estimate of drug-likeness (QED) is 0.644. The third kappa shape index (κ3) is 2.01. The van der Waals surface area contributed by atoms with Gasteiger partial charge in [-0.25, -0.2) is 0 Å². The predicted molar refractivity (Wildman–Crippen MR) is 78.0 cm³/mol. The molecule has 1 fully saturated rings. The number of pyridine rings is 1. The van der Waals surface area contributed by atoms with Crippen LogP contribution in [-0.2, 0) is 10.2 Å². The minimum absolute atomic E-state index is 0.201. The maximum absolute atomic E-state index is 12.7. The number of esters is 1. The molecular formula is C17H15NO4. The molecule has 4 rings (SSSR count). The molecule has 0 amide bonds. The molecule has 2 aromatic rings. The average molecular weight is 297 g/mol. The summed E-state index contributed by atoms with van der Waals surface area (Å²) < 4.78 is 16.2. The van der Waals surface area contributed by atoms with E-state index in [1.807, 2.05) is 12.1 Å². The minimum atomic E-state index is -0.565. The standard InChI is InChI=1S/C17H15NO4/c19-16(17(6-2-7-17)12-3-1-8-18-10-12)22-13-4-5-14-15(9-13)21-11-20-14/h1,3-5,8-10H,2,6-7,11H2. The Balaban J connectivity index is 1.59. The largest absolute Gasteiger partial charge is 0.454 e. The molecule has 22 heavy (non-hydrogen) atoms. The van der Waals surface area contributed by atoms with Gasteiger partial charge in [-0.15, -0.1) is 0 Å². The van der Waals surface area contributed by atoms with E-state index in [1.165, 1.54) is 0 Å². The third-order valence-corrected chi connectivity index (χ3v) is 4.37. The zero-order chi connectivity index (χ0) is 15.0. The Morgan fingerprint density at radius 2 is 2.05 bits per heavy atom. The Kier molecular flexibility index (Phi) is 2.99. The van der Waals surface area contributed by atoms with E-state index in [4.69, 9.17) is 14.2 Å². The molecule has 5 nitrogen and oxygen atoms in total. The molecule has 5 heteroatoms. The van der Waals surface area contributed by atoms with Crippen LogP contribution in [0.1, 0.15) is 24.8 Å². The molecule has 0 atom stereocenters. The van der Waals surface area contributed by atoms with E-state index in [0.717, 1.165) is 24.8 Å². The van der Waals surface area contributed by atoms with Crippen molar-refractivity contribution in [3.8, 4) is 17.2 Å². The number of carbonyl (C=O) groups excluding carboxylic acids is 1. The summed E-state index contributed by atoms with van der Waals surface area (Å²) in [6.45, 7) is 0.201. The van der Waals surface area contributed by atoms with Crippen molar-refractivity contribution in [2.24, 2.45) is 0 Å². The molecule has 0 radical (unpaired) electrons. The Bertz CT molecular complexity index is 710. The van der Waals surface area contributed by atoms with Crippen molar-refractivity contribution in [2.45, 2.75) is 24.7 Å². The highest BCUT2D eigenvalue weighted by Crippen LogP contribution is 2.45. The molecule has 0 saturated heterocycles. The van der Waals surface area contributed by atoms with Gasteiger partial charge in [-0.1, -0.05) is 12.5 Å². The van der Waals surface area contributed by atoms with Crippen LogP contribution in [0.5, 0.6) is 17.2 Å². The van der Waals surface area contributed by atoms with Gasteiger partial charge < -0.3 is 14.2 Å². The Hall–Kier alpha value is -2.56. The summed E-state index contributed by atoms with van der Waals surface area (Å²) in [5.74, 6) is 1.52. The van der Waals surface area contributed by atoms with E-state index in [0.29, 0.717) is 17.2 Å². The molecule has 1 aromatic carbocycles.